The van der Waals surface area contributed by atoms with Crippen molar-refractivity contribution in [2.45, 2.75) is 26.9 Å². The van der Waals surface area contributed by atoms with Crippen LogP contribution < -0.4 is 26.6 Å². The van der Waals surface area contributed by atoms with Gasteiger partial charge in [-0.15, -0.1) is 0 Å². The first-order valence-corrected chi connectivity index (χ1v) is 17.1. The summed E-state index contributed by atoms with van der Waals surface area (Å²) in [4.78, 5) is 61.3. The summed E-state index contributed by atoms with van der Waals surface area (Å²) in [5.74, 6) is -1.34. The lowest BCUT2D eigenvalue weighted by Gasteiger charge is -2.14. The maximum absolute atomic E-state index is 13.7. The third-order valence-electron chi connectivity index (χ3n) is 8.79. The average molecular weight is 754 g/mol. The summed E-state index contributed by atoms with van der Waals surface area (Å²) in [5, 5.41) is 13.7. The highest BCUT2D eigenvalue weighted by atomic mass is 19.4. The van der Waals surface area contributed by atoms with Crippen molar-refractivity contribution in [1.82, 2.24) is 24.8 Å². The minimum atomic E-state index is -4.70. The summed E-state index contributed by atoms with van der Waals surface area (Å²) in [7, 11) is 3.84. The third-order valence-corrected chi connectivity index (χ3v) is 8.79. The van der Waals surface area contributed by atoms with Gasteiger partial charge in [-0.3, -0.25) is 14.4 Å². The van der Waals surface area contributed by atoms with E-state index in [1.54, 1.807) is 56.5 Å². The van der Waals surface area contributed by atoms with Gasteiger partial charge in [-0.1, -0.05) is 12.1 Å². The number of anilines is 4. The van der Waals surface area contributed by atoms with Crippen molar-refractivity contribution in [3.05, 3.63) is 118 Å². The Labute approximate surface area is 314 Å². The number of alkyl halides is 3. The van der Waals surface area contributed by atoms with Crippen LogP contribution in [0.3, 0.4) is 0 Å². The van der Waals surface area contributed by atoms with Gasteiger partial charge in [-0.2, -0.15) is 13.2 Å². The Morgan fingerprint density at radius 1 is 0.909 bits per heavy atom. The zero-order chi connectivity index (χ0) is 39.6. The van der Waals surface area contributed by atoms with E-state index in [0.29, 0.717) is 63.8 Å². The fourth-order valence-electron chi connectivity index (χ4n) is 6.09. The number of aromatic nitrogens is 3. The number of hydrogen-bond acceptors (Lipinski definition) is 6. The summed E-state index contributed by atoms with van der Waals surface area (Å²) in [6.07, 6.45) is -0.0970. The molecule has 16 heteroatoms. The molecule has 5 aromatic rings. The van der Waals surface area contributed by atoms with Gasteiger partial charge in [0.05, 0.1) is 34.4 Å². The van der Waals surface area contributed by atoms with Gasteiger partial charge in [-0.05, 0) is 95.0 Å². The van der Waals surface area contributed by atoms with Gasteiger partial charge in [0.2, 0.25) is 0 Å². The zero-order valence-corrected chi connectivity index (χ0v) is 30.5. The second-order valence-electron chi connectivity index (χ2n) is 13.3. The SMILES string of the molecule is Cc1cn(-c2cc(C(=O)Nc3cccc(NC(=O)Nc4ccc5c(c4)NC(=O)C5=Cc4[nH]c(C)c(C(=O)NCCN(C)C)c4C)c3)cc(C(F)(F)F)c2)cn1. The number of aryl methyl sites for hydroxylation is 2. The van der Waals surface area contributed by atoms with Crippen molar-refractivity contribution < 1.29 is 32.3 Å². The predicted octanol–water partition coefficient (Wildman–Crippen LogP) is 6.82. The van der Waals surface area contributed by atoms with E-state index in [-0.39, 0.29) is 34.4 Å². The predicted molar refractivity (Wildman–Crippen MR) is 204 cm³/mol. The maximum Gasteiger partial charge on any atom is 0.416 e. The van der Waals surface area contributed by atoms with Crippen LogP contribution in [-0.4, -0.2) is 70.4 Å². The average Bonchev–Trinajstić information content (AvgIpc) is 3.77. The Hall–Kier alpha value is -6.68. The summed E-state index contributed by atoms with van der Waals surface area (Å²) in [5.41, 5.74) is 4.36. The van der Waals surface area contributed by atoms with Crippen LogP contribution >= 0.6 is 0 Å². The monoisotopic (exact) mass is 753 g/mol. The van der Waals surface area contributed by atoms with Crippen LogP contribution in [0.2, 0.25) is 0 Å². The van der Waals surface area contributed by atoms with Crippen LogP contribution in [0.1, 0.15) is 54.5 Å². The number of imidazole rings is 1. The normalized spacial score (nSPS) is 13.1. The first-order chi connectivity index (χ1) is 26.0. The quantitative estimate of drug-likeness (QED) is 0.0857. The third kappa shape index (κ3) is 8.76. The summed E-state index contributed by atoms with van der Waals surface area (Å²) >= 11 is 0. The molecule has 13 nitrogen and oxygen atoms in total. The number of likely N-dealkylation sites (N-methyl/N-ethyl adjacent to an activating group) is 1. The van der Waals surface area contributed by atoms with Gasteiger partial charge in [-0.25, -0.2) is 9.78 Å². The fourth-order valence-corrected chi connectivity index (χ4v) is 6.09. The molecule has 6 N–H and O–H groups in total. The largest absolute Gasteiger partial charge is 0.416 e. The number of benzene rings is 3. The molecule has 55 heavy (non-hydrogen) atoms. The van der Waals surface area contributed by atoms with Gasteiger partial charge >= 0.3 is 12.2 Å². The van der Waals surface area contributed by atoms with Crippen LogP contribution in [0.5, 0.6) is 0 Å². The zero-order valence-electron chi connectivity index (χ0n) is 30.5. The molecule has 6 rings (SSSR count). The minimum absolute atomic E-state index is 0.114. The van der Waals surface area contributed by atoms with Crippen molar-refractivity contribution in [2.24, 2.45) is 0 Å². The Morgan fingerprint density at radius 3 is 2.29 bits per heavy atom. The summed E-state index contributed by atoms with van der Waals surface area (Å²) in [6.45, 7) is 6.49. The number of nitrogens with zero attached hydrogens (tertiary/aromatic N) is 3. The number of carbonyl (C=O) groups is 4. The van der Waals surface area contributed by atoms with Gasteiger partial charge < -0.3 is 41.0 Å². The summed E-state index contributed by atoms with van der Waals surface area (Å²) < 4.78 is 42.6. The molecule has 0 spiro atoms. The first kappa shape index (κ1) is 38.1. The molecule has 0 saturated heterocycles. The number of hydrogen-bond donors (Lipinski definition) is 6. The number of urea groups is 1. The molecular formula is C39H38F3N9O4. The van der Waals surface area contributed by atoms with E-state index in [0.717, 1.165) is 12.1 Å². The van der Waals surface area contributed by atoms with Crippen LogP contribution in [0.15, 0.2) is 73.2 Å². The van der Waals surface area contributed by atoms with Crippen LogP contribution in [0, 0.1) is 20.8 Å². The second kappa shape index (κ2) is 15.4. The number of halogens is 3. The Kier molecular flexibility index (Phi) is 10.6. The van der Waals surface area contributed by atoms with Gasteiger partial charge in [0.25, 0.3) is 17.7 Å². The highest BCUT2D eigenvalue weighted by Gasteiger charge is 2.32. The topological polar surface area (TPSA) is 165 Å². The number of amides is 5. The lowest BCUT2D eigenvalue weighted by atomic mass is 10.0. The first-order valence-electron chi connectivity index (χ1n) is 17.1. The van der Waals surface area contributed by atoms with Crippen molar-refractivity contribution in [2.75, 3.05) is 48.5 Å². The minimum Gasteiger partial charge on any atom is -0.358 e. The van der Waals surface area contributed by atoms with Crippen LogP contribution in [0.4, 0.5) is 40.7 Å². The molecule has 5 amide bonds. The van der Waals surface area contributed by atoms with Gasteiger partial charge in [0.1, 0.15) is 0 Å². The van der Waals surface area contributed by atoms with Crippen molar-refractivity contribution in [3.8, 4) is 5.69 Å². The molecule has 0 unspecified atom stereocenters. The maximum atomic E-state index is 13.7. The van der Waals surface area contributed by atoms with Crippen LogP contribution in [-0.2, 0) is 11.0 Å². The highest BCUT2D eigenvalue weighted by Crippen LogP contribution is 2.36. The van der Waals surface area contributed by atoms with E-state index in [1.807, 2.05) is 25.9 Å². The van der Waals surface area contributed by atoms with Gasteiger partial charge in [0, 0.05) is 64.6 Å². The standard InChI is InChI=1S/C39H38F3N9O4/c1-21-19-51(20-44-21)29-14-24(13-25(15-29)39(40,41)42)35(52)46-26-7-6-8-27(16-26)47-38(55)48-28-9-10-30-31(36(53)49-33(30)17-28)18-32-22(2)34(23(3)45-32)37(54)43-11-12-50(4)5/h6-10,13-20,45H,11-12H2,1-5H3,(H,43,54)(H,46,52)(H,49,53)(H2,47,48,55). The van der Waals surface area contributed by atoms with E-state index in [4.69, 9.17) is 0 Å². The number of aromatic amines is 1. The molecular weight excluding hydrogens is 715 g/mol. The molecule has 2 aromatic heterocycles. The van der Waals surface area contributed by atoms with E-state index in [9.17, 15) is 32.3 Å². The Balaban J connectivity index is 1.12. The molecule has 0 saturated carbocycles. The highest BCUT2D eigenvalue weighted by molar-refractivity contribution is 6.35. The number of nitrogens with one attached hydrogen (secondary N) is 6. The van der Waals surface area contributed by atoms with E-state index in [2.05, 4.69) is 36.6 Å². The Morgan fingerprint density at radius 2 is 1.62 bits per heavy atom. The van der Waals surface area contributed by atoms with Crippen molar-refractivity contribution >= 4 is 58.2 Å². The number of H-pyrrole nitrogens is 1. The molecule has 284 valence electrons. The molecule has 3 heterocycles. The molecule has 0 bridgehead atoms. The van der Waals surface area contributed by atoms with E-state index in [1.165, 1.54) is 29.1 Å². The second-order valence-corrected chi connectivity index (χ2v) is 13.3. The number of fused-ring (bicyclic) bond motifs is 1. The molecule has 3 aromatic carbocycles. The molecule has 0 aliphatic carbocycles. The fraction of sp³-hybridized carbons (Fsp3) is 0.205. The number of carbonyl (C=O) groups excluding carboxylic acids is 4. The molecule has 0 atom stereocenters. The number of rotatable bonds is 10. The lowest BCUT2D eigenvalue weighted by Crippen LogP contribution is -2.31. The van der Waals surface area contributed by atoms with Crippen LogP contribution in [0.25, 0.3) is 17.3 Å². The van der Waals surface area contributed by atoms with E-state index < -0.39 is 23.7 Å². The van der Waals surface area contributed by atoms with Crippen molar-refractivity contribution in [1.29, 1.82) is 0 Å². The van der Waals surface area contributed by atoms with E-state index >= 15 is 0 Å². The molecule has 0 fully saturated rings. The summed E-state index contributed by atoms with van der Waals surface area (Å²) in [6, 6.07) is 13.4. The molecule has 1 aliphatic heterocycles. The lowest BCUT2D eigenvalue weighted by molar-refractivity contribution is -0.137. The Bertz CT molecular complexity index is 2360. The smallest absolute Gasteiger partial charge is 0.358 e. The van der Waals surface area contributed by atoms with Gasteiger partial charge in [0.15, 0.2) is 0 Å². The molecule has 0 radical (unpaired) electrons. The molecule has 1 aliphatic rings. The van der Waals surface area contributed by atoms with Crippen molar-refractivity contribution in [3.63, 3.8) is 0 Å².